The van der Waals surface area contributed by atoms with Crippen LogP contribution >= 0.6 is 0 Å². The average molecular weight is 1270 g/mol. The van der Waals surface area contributed by atoms with E-state index in [9.17, 15) is 19.8 Å². The van der Waals surface area contributed by atoms with Gasteiger partial charge in [-0.15, -0.1) is 0 Å². The van der Waals surface area contributed by atoms with Crippen molar-refractivity contribution in [1.29, 1.82) is 0 Å². The molecule has 2 unspecified atom stereocenters. The molecule has 0 bridgehead atoms. The van der Waals surface area contributed by atoms with Gasteiger partial charge in [-0.05, 0) is 64.2 Å². The van der Waals surface area contributed by atoms with Crippen LogP contribution < -0.4 is 5.32 Å². The van der Waals surface area contributed by atoms with E-state index in [1.807, 2.05) is 6.08 Å². The van der Waals surface area contributed by atoms with Gasteiger partial charge >= 0.3 is 5.97 Å². The summed E-state index contributed by atoms with van der Waals surface area (Å²) in [7, 11) is 0. The Balaban J connectivity index is 3.35. The first-order valence-corrected chi connectivity index (χ1v) is 41.3. The van der Waals surface area contributed by atoms with E-state index in [4.69, 9.17) is 4.74 Å². The van der Waals surface area contributed by atoms with Crippen molar-refractivity contribution in [2.24, 2.45) is 0 Å². The Hall–Kier alpha value is -1.92. The Labute approximate surface area is 564 Å². The van der Waals surface area contributed by atoms with E-state index < -0.39 is 12.1 Å². The molecular weight excluding hydrogens is 1100 g/mol. The number of hydrogen-bond acceptors (Lipinski definition) is 5. The molecule has 0 saturated carbocycles. The zero-order valence-corrected chi connectivity index (χ0v) is 61.1. The van der Waals surface area contributed by atoms with Crippen LogP contribution in [0.25, 0.3) is 0 Å². The fourth-order valence-electron chi connectivity index (χ4n) is 13.1. The highest BCUT2D eigenvalue weighted by Crippen LogP contribution is 2.20. The minimum atomic E-state index is -0.844. The highest BCUT2D eigenvalue weighted by Gasteiger charge is 2.18. The number of amides is 1. The van der Waals surface area contributed by atoms with Gasteiger partial charge in [0.2, 0.25) is 5.91 Å². The quantitative estimate of drug-likeness (QED) is 0.0320. The van der Waals surface area contributed by atoms with Gasteiger partial charge in [-0.1, -0.05) is 423 Å². The Morgan fingerprint density at radius 2 is 0.556 bits per heavy atom. The molecule has 0 saturated heterocycles. The van der Waals surface area contributed by atoms with Crippen molar-refractivity contribution in [2.75, 3.05) is 13.2 Å². The lowest BCUT2D eigenvalue weighted by atomic mass is 10.0. The summed E-state index contributed by atoms with van der Waals surface area (Å²) in [6.45, 7) is 4.93. The third kappa shape index (κ3) is 75.1. The first-order valence-electron chi connectivity index (χ1n) is 41.3. The number of ether oxygens (including phenoxy) is 1. The zero-order valence-electron chi connectivity index (χ0n) is 61.1. The van der Waals surface area contributed by atoms with Crippen LogP contribution in [0.5, 0.6) is 0 Å². The van der Waals surface area contributed by atoms with Gasteiger partial charge in [-0.2, -0.15) is 0 Å². The number of carbonyl (C=O) groups excluding carboxylic acids is 2. The fraction of sp³-hybridized carbons (Fsp3) is 0.905. The molecule has 0 aliphatic heterocycles. The van der Waals surface area contributed by atoms with E-state index in [0.717, 1.165) is 51.4 Å². The summed E-state index contributed by atoms with van der Waals surface area (Å²) in [4.78, 5) is 24.7. The lowest BCUT2D eigenvalue weighted by Gasteiger charge is -2.20. The number of carbonyl (C=O) groups is 2. The predicted octanol–water partition coefficient (Wildman–Crippen LogP) is 27.4. The van der Waals surface area contributed by atoms with Crippen LogP contribution in [-0.2, 0) is 14.3 Å². The Kier molecular flexibility index (Phi) is 77.8. The maximum Gasteiger partial charge on any atom is 0.305 e. The van der Waals surface area contributed by atoms with Crippen molar-refractivity contribution in [3.05, 3.63) is 36.5 Å². The molecule has 0 aromatic heterocycles. The number of nitrogens with one attached hydrogen (secondary N) is 1. The number of esters is 1. The molecule has 0 aromatic carbocycles. The van der Waals surface area contributed by atoms with Gasteiger partial charge < -0.3 is 20.3 Å². The van der Waals surface area contributed by atoms with E-state index in [-0.39, 0.29) is 18.5 Å². The maximum atomic E-state index is 12.6. The minimum absolute atomic E-state index is 0.0170. The van der Waals surface area contributed by atoms with Crippen molar-refractivity contribution in [2.45, 2.75) is 475 Å². The molecule has 2 atom stereocenters. The lowest BCUT2D eigenvalue weighted by molar-refractivity contribution is -0.143. The second-order valence-electron chi connectivity index (χ2n) is 28.5. The third-order valence-corrected chi connectivity index (χ3v) is 19.4. The minimum Gasteiger partial charge on any atom is -0.466 e. The van der Waals surface area contributed by atoms with Crippen molar-refractivity contribution < 1.29 is 24.5 Å². The number of hydrogen-bond donors (Lipinski definition) is 3. The molecule has 0 aliphatic carbocycles. The zero-order chi connectivity index (χ0) is 64.9. The summed E-state index contributed by atoms with van der Waals surface area (Å²) in [5.41, 5.74) is 0. The molecule has 0 fully saturated rings. The van der Waals surface area contributed by atoms with Crippen LogP contribution in [0.2, 0.25) is 0 Å². The second kappa shape index (κ2) is 79.5. The summed E-state index contributed by atoms with van der Waals surface area (Å²) in [5, 5.41) is 23.3. The smallest absolute Gasteiger partial charge is 0.305 e. The standard InChI is InChI=1S/C84H161NO5/c1-3-5-7-9-11-13-15-17-19-21-23-24-25-34-37-41-44-48-52-56-60-64-68-72-76-82(87)81(80-86)85-83(88)77-73-69-65-61-57-53-49-45-42-38-35-32-30-28-26-27-29-31-33-36-39-43-47-51-55-59-63-67-71-75-79-90-84(89)78-74-70-66-62-58-54-50-46-40-22-20-18-16-14-12-10-8-6-4-2/h12,14,18,20,72,76,81-82,86-87H,3-11,13,15-17,19,21-71,73-75,77-80H2,1-2H3,(H,85,88)/b14-12-,20-18-,76-72+. The van der Waals surface area contributed by atoms with Crippen LogP contribution in [0, 0.1) is 0 Å². The van der Waals surface area contributed by atoms with Gasteiger partial charge in [0.05, 0.1) is 25.4 Å². The first-order chi connectivity index (χ1) is 44.5. The summed E-state index contributed by atoms with van der Waals surface area (Å²) in [6.07, 6.45) is 104. The highest BCUT2D eigenvalue weighted by molar-refractivity contribution is 5.76. The summed E-state index contributed by atoms with van der Waals surface area (Å²) in [6, 6.07) is -0.627. The van der Waals surface area contributed by atoms with Gasteiger partial charge in [0.25, 0.3) is 0 Å². The SMILES string of the molecule is CCCCC/C=C\C/C=C\CCCCCCCCCCCC(=O)OCCCCCCCCCCCCCCCCCCCCCCCCCCCCCCCCC(=O)NC(CO)C(O)/C=C/CCCCCCCCCCCCCCCCCCCCCCCC. The normalized spacial score (nSPS) is 12.6. The Bertz CT molecular complexity index is 1460. The van der Waals surface area contributed by atoms with Crippen molar-refractivity contribution in [3.8, 4) is 0 Å². The molecule has 532 valence electrons. The van der Waals surface area contributed by atoms with Crippen molar-refractivity contribution in [1.82, 2.24) is 5.32 Å². The van der Waals surface area contributed by atoms with Crippen LogP contribution in [0.3, 0.4) is 0 Å². The van der Waals surface area contributed by atoms with Gasteiger partial charge in [-0.25, -0.2) is 0 Å². The van der Waals surface area contributed by atoms with Gasteiger partial charge in [0, 0.05) is 12.8 Å². The van der Waals surface area contributed by atoms with Gasteiger partial charge in [0.1, 0.15) is 0 Å². The average Bonchev–Trinajstić information content (AvgIpc) is 3.68. The molecule has 0 aliphatic rings. The van der Waals surface area contributed by atoms with Crippen LogP contribution in [0.15, 0.2) is 36.5 Å². The molecule has 0 rings (SSSR count). The fourth-order valence-corrected chi connectivity index (χ4v) is 13.1. The van der Waals surface area contributed by atoms with Gasteiger partial charge in [-0.3, -0.25) is 9.59 Å². The van der Waals surface area contributed by atoms with E-state index in [1.165, 1.54) is 385 Å². The highest BCUT2D eigenvalue weighted by atomic mass is 16.5. The first kappa shape index (κ1) is 88.1. The van der Waals surface area contributed by atoms with E-state index in [2.05, 4.69) is 43.5 Å². The molecule has 0 radical (unpaired) electrons. The molecule has 0 spiro atoms. The van der Waals surface area contributed by atoms with Crippen molar-refractivity contribution in [3.63, 3.8) is 0 Å². The maximum absolute atomic E-state index is 12.6. The summed E-state index contributed by atoms with van der Waals surface area (Å²) in [5.74, 6) is -0.0419. The van der Waals surface area contributed by atoms with Crippen LogP contribution in [0.4, 0.5) is 0 Å². The largest absolute Gasteiger partial charge is 0.466 e. The van der Waals surface area contributed by atoms with Gasteiger partial charge in [0.15, 0.2) is 0 Å². The topological polar surface area (TPSA) is 95.9 Å². The van der Waals surface area contributed by atoms with E-state index in [1.54, 1.807) is 6.08 Å². The molecule has 0 heterocycles. The third-order valence-electron chi connectivity index (χ3n) is 19.4. The number of unbranched alkanes of at least 4 members (excludes halogenated alkanes) is 63. The molecule has 6 nitrogen and oxygen atoms in total. The van der Waals surface area contributed by atoms with Crippen LogP contribution in [-0.4, -0.2) is 47.4 Å². The number of aliphatic hydroxyl groups is 2. The van der Waals surface area contributed by atoms with E-state index in [0.29, 0.717) is 19.4 Å². The Morgan fingerprint density at radius 1 is 0.311 bits per heavy atom. The molecular formula is C84H161NO5. The summed E-state index contributed by atoms with van der Waals surface area (Å²) >= 11 is 0. The molecule has 6 heteroatoms. The molecule has 1 amide bonds. The molecule has 0 aromatic rings. The number of aliphatic hydroxyl groups excluding tert-OH is 2. The van der Waals surface area contributed by atoms with Crippen molar-refractivity contribution >= 4 is 11.9 Å². The molecule has 3 N–H and O–H groups in total. The van der Waals surface area contributed by atoms with E-state index >= 15 is 0 Å². The lowest BCUT2D eigenvalue weighted by Crippen LogP contribution is -2.45. The summed E-state index contributed by atoms with van der Waals surface area (Å²) < 4.78 is 5.52. The number of rotatable bonds is 78. The second-order valence-corrected chi connectivity index (χ2v) is 28.5. The monoisotopic (exact) mass is 1260 g/mol. The van der Waals surface area contributed by atoms with Crippen LogP contribution in [0.1, 0.15) is 463 Å². The number of allylic oxidation sites excluding steroid dienone is 5. The Morgan fingerprint density at radius 3 is 0.867 bits per heavy atom. The predicted molar refractivity (Wildman–Crippen MR) is 398 cm³/mol. The molecule has 90 heavy (non-hydrogen) atoms.